The van der Waals surface area contributed by atoms with Crippen LogP contribution in [0.2, 0.25) is 0 Å². The van der Waals surface area contributed by atoms with Gasteiger partial charge in [-0.1, -0.05) is 83.2 Å². The molecule has 1 rings (SSSR count). The van der Waals surface area contributed by atoms with Crippen molar-refractivity contribution in [1.29, 1.82) is 0 Å². The Morgan fingerprint density at radius 3 is 2.12 bits per heavy atom. The van der Waals surface area contributed by atoms with Gasteiger partial charge in [0.15, 0.2) is 0 Å². The van der Waals surface area contributed by atoms with E-state index in [1.807, 2.05) is 52.8 Å². The van der Waals surface area contributed by atoms with Gasteiger partial charge in [0.1, 0.15) is 5.78 Å². The minimum absolute atomic E-state index is 0.288. The van der Waals surface area contributed by atoms with Gasteiger partial charge in [-0.05, 0) is 70.6 Å². The average molecular weight is 464 g/mol. The second-order valence-electron chi connectivity index (χ2n) is 6.21. The number of nitrogens with one attached hydrogen (secondary N) is 1. The Kier molecular flexibility index (Phi) is 39.7. The van der Waals surface area contributed by atoms with Crippen LogP contribution in [0, 0.1) is 12.8 Å². The van der Waals surface area contributed by atoms with Crippen molar-refractivity contribution in [3.05, 3.63) is 59.7 Å². The first-order chi connectivity index (χ1) is 15.5. The second-order valence-corrected chi connectivity index (χ2v) is 6.46. The number of terminal acetylenes is 1. The summed E-state index contributed by atoms with van der Waals surface area (Å²) in [6, 6.07) is 10.8. The third kappa shape index (κ3) is 28.2. The van der Waals surface area contributed by atoms with E-state index in [1.165, 1.54) is 11.1 Å². The molecule has 0 aliphatic heterocycles. The summed E-state index contributed by atoms with van der Waals surface area (Å²) in [5.74, 6) is 0.288. The quantitative estimate of drug-likeness (QED) is 0.114. The molecule has 32 heavy (non-hydrogen) atoms. The van der Waals surface area contributed by atoms with Gasteiger partial charge in [0, 0.05) is 12.5 Å². The van der Waals surface area contributed by atoms with E-state index in [1.54, 1.807) is 6.92 Å². The van der Waals surface area contributed by atoms with Crippen LogP contribution in [0.1, 0.15) is 92.7 Å². The number of thiol groups is 1. The molecule has 0 aliphatic carbocycles. The van der Waals surface area contributed by atoms with Crippen LogP contribution in [0.15, 0.2) is 54.1 Å². The van der Waals surface area contributed by atoms with Crippen molar-refractivity contribution in [3.8, 4) is 12.8 Å². The monoisotopic (exact) mass is 463 g/mol. The highest BCUT2D eigenvalue weighted by atomic mass is 32.1. The van der Waals surface area contributed by atoms with Gasteiger partial charge in [0.05, 0.1) is 6.61 Å². The normalized spacial score (nSPS) is 10.7. The maximum absolute atomic E-state index is 10.7. The number of rotatable bonds is 11. The average Bonchev–Trinajstić information content (AvgIpc) is 2.84. The Hall–Kier alpha value is -1.80. The molecule has 0 fully saturated rings. The molecule has 1 aromatic carbocycles. The van der Waals surface area contributed by atoms with Crippen LogP contribution in [-0.2, 0) is 8.98 Å². The van der Waals surface area contributed by atoms with Crippen LogP contribution in [0.5, 0.6) is 0 Å². The first-order valence-corrected chi connectivity index (χ1v) is 12.1. The molecule has 0 bridgehead atoms. The van der Waals surface area contributed by atoms with Crippen LogP contribution in [0.25, 0.3) is 0 Å². The van der Waals surface area contributed by atoms with Crippen molar-refractivity contribution in [3.63, 3.8) is 0 Å². The van der Waals surface area contributed by atoms with E-state index in [4.69, 9.17) is 0 Å². The Morgan fingerprint density at radius 2 is 1.69 bits per heavy atom. The smallest absolute Gasteiger partial charge is 0.129 e. The third-order valence-corrected chi connectivity index (χ3v) is 3.91. The van der Waals surface area contributed by atoms with Crippen molar-refractivity contribution in [2.75, 3.05) is 13.2 Å². The van der Waals surface area contributed by atoms with Gasteiger partial charge in [0.25, 0.3) is 0 Å². The summed E-state index contributed by atoms with van der Waals surface area (Å²) in [6.07, 6.45) is 17.9. The molecule has 4 heteroatoms. The Morgan fingerprint density at radius 1 is 1.12 bits per heavy atom. The van der Waals surface area contributed by atoms with Gasteiger partial charge >= 0.3 is 0 Å². The molecule has 0 spiro atoms. The van der Waals surface area contributed by atoms with Crippen LogP contribution < -0.4 is 5.32 Å². The van der Waals surface area contributed by atoms with Crippen molar-refractivity contribution in [2.24, 2.45) is 0 Å². The van der Waals surface area contributed by atoms with Crippen molar-refractivity contribution >= 4 is 18.7 Å². The van der Waals surface area contributed by atoms with Crippen LogP contribution >= 0.6 is 12.9 Å². The molecule has 3 nitrogen and oxygen atoms in total. The summed E-state index contributed by atoms with van der Waals surface area (Å²) >= 11 is 3.67. The zero-order valence-electron chi connectivity index (χ0n) is 21.9. The molecule has 1 unspecified atom stereocenters. The summed E-state index contributed by atoms with van der Waals surface area (Å²) in [4.78, 5) is 10.7. The molecule has 0 aromatic heterocycles. The molecule has 1 aromatic rings. The predicted octanol–water partition coefficient (Wildman–Crippen LogP) is 8.16. The maximum Gasteiger partial charge on any atom is 0.129 e. The number of unbranched alkanes of at least 4 members (excludes halogenated alkanes) is 1. The molecule has 1 N–H and O–H groups in total. The van der Waals surface area contributed by atoms with E-state index in [9.17, 15) is 4.79 Å². The molecular formula is C28H49NO2S. The number of ketones is 1. The second kappa shape index (κ2) is 33.8. The lowest BCUT2D eigenvalue weighted by Crippen LogP contribution is -2.19. The van der Waals surface area contributed by atoms with Crippen molar-refractivity contribution in [1.82, 2.24) is 5.32 Å². The maximum atomic E-state index is 10.7. The molecule has 0 radical (unpaired) electrons. The van der Waals surface area contributed by atoms with Gasteiger partial charge in [-0.2, -0.15) is 0 Å². The van der Waals surface area contributed by atoms with Gasteiger partial charge < -0.3 is 14.3 Å². The van der Waals surface area contributed by atoms with E-state index in [2.05, 4.69) is 79.4 Å². The number of Topliss-reactive ketones (excluding diaryl/α,β-unsaturated/α-hetero) is 1. The topological polar surface area (TPSA) is 38.3 Å². The first-order valence-electron chi connectivity index (χ1n) is 11.7. The summed E-state index contributed by atoms with van der Waals surface area (Å²) < 4.78 is 4.68. The minimum Gasteiger partial charge on any atom is -0.314 e. The van der Waals surface area contributed by atoms with Gasteiger partial charge in [0.2, 0.25) is 0 Å². The van der Waals surface area contributed by atoms with E-state index in [-0.39, 0.29) is 5.78 Å². The number of carbonyl (C=O) groups excluding carboxylic acids is 1. The van der Waals surface area contributed by atoms with Gasteiger partial charge in [-0.25, -0.2) is 0 Å². The molecule has 0 saturated carbocycles. The fourth-order valence-corrected chi connectivity index (χ4v) is 2.55. The van der Waals surface area contributed by atoms with E-state index in [0.717, 1.165) is 25.8 Å². The van der Waals surface area contributed by atoms with Crippen LogP contribution in [0.3, 0.4) is 0 Å². The summed E-state index contributed by atoms with van der Waals surface area (Å²) in [5, 5.41) is 3.46. The number of allylic oxidation sites excluding steroid dienone is 2. The third-order valence-electron chi connectivity index (χ3n) is 3.78. The molecule has 0 amide bonds. The number of hydrogen-bond donors (Lipinski definition) is 2. The SMILES string of the molecule is C#C.C/C=C\C(=C/CC)COS.CC.CC.CC(=O)CCCCNC(C)c1ccccc1. The molecule has 1 atom stereocenters. The van der Waals surface area contributed by atoms with Crippen LogP contribution in [-0.4, -0.2) is 18.9 Å². The lowest BCUT2D eigenvalue weighted by atomic mass is 10.1. The lowest BCUT2D eigenvalue weighted by Gasteiger charge is -2.13. The summed E-state index contributed by atoms with van der Waals surface area (Å²) in [6.45, 7) is 17.5. The largest absolute Gasteiger partial charge is 0.314 e. The van der Waals surface area contributed by atoms with Crippen LogP contribution in [0.4, 0.5) is 0 Å². The lowest BCUT2D eigenvalue weighted by molar-refractivity contribution is -0.117. The predicted molar refractivity (Wildman–Crippen MR) is 148 cm³/mol. The molecular weight excluding hydrogens is 414 g/mol. The summed E-state index contributed by atoms with van der Waals surface area (Å²) in [7, 11) is 0. The summed E-state index contributed by atoms with van der Waals surface area (Å²) in [5.41, 5.74) is 2.49. The highest BCUT2D eigenvalue weighted by molar-refractivity contribution is 7.75. The standard InChI is InChI=1S/C14H21NO.C8H14OS.2C2H6.C2H2/c1-12(16)8-6-7-11-15-13(2)14-9-4-3-5-10-14;1-3-5-8(6-4-2)7-9-10;3*1-2/h3-5,9-10,13,15H,6-8,11H2,1-2H3;3,5-6,10H,4,7H2,1-2H3;2*1-2H3;1-2H/b;5-3-,8-6+;;;. The van der Waals surface area contributed by atoms with E-state index in [0.29, 0.717) is 19.1 Å². The Balaban J connectivity index is -0.000000211. The fraction of sp³-hybridized carbons (Fsp3) is 0.536. The van der Waals surface area contributed by atoms with E-state index >= 15 is 0 Å². The van der Waals surface area contributed by atoms with Crippen molar-refractivity contribution in [2.45, 2.75) is 87.1 Å². The van der Waals surface area contributed by atoms with Crippen molar-refractivity contribution < 1.29 is 8.98 Å². The Bertz CT molecular complexity index is 565. The van der Waals surface area contributed by atoms with E-state index < -0.39 is 0 Å². The zero-order valence-corrected chi connectivity index (χ0v) is 22.8. The molecule has 0 heterocycles. The Labute approximate surface area is 205 Å². The zero-order chi connectivity index (χ0) is 25.6. The number of benzene rings is 1. The van der Waals surface area contributed by atoms with Gasteiger partial charge in [-0.15, -0.1) is 12.8 Å². The van der Waals surface area contributed by atoms with Gasteiger partial charge in [-0.3, -0.25) is 0 Å². The fourth-order valence-electron chi connectivity index (χ4n) is 2.40. The number of carbonyl (C=O) groups is 1. The highest BCUT2D eigenvalue weighted by Gasteiger charge is 2.02. The number of hydrogen-bond acceptors (Lipinski definition) is 4. The highest BCUT2D eigenvalue weighted by Crippen LogP contribution is 2.11. The molecule has 184 valence electrons. The minimum atomic E-state index is 0.288. The molecule has 0 aliphatic rings. The molecule has 0 saturated heterocycles. The first kappa shape index (κ1) is 37.5.